The van der Waals surface area contributed by atoms with Crippen molar-refractivity contribution in [3.05, 3.63) is 59.7 Å². The van der Waals surface area contributed by atoms with Gasteiger partial charge in [0.25, 0.3) is 0 Å². The van der Waals surface area contributed by atoms with Gasteiger partial charge in [0.2, 0.25) is 5.91 Å². The molecule has 1 amide bonds. The molecule has 1 saturated heterocycles. The first kappa shape index (κ1) is 17.7. The molecule has 0 saturated carbocycles. The summed E-state index contributed by atoms with van der Waals surface area (Å²) in [6.45, 7) is 0. The number of nitrogens with zero attached hydrogens (tertiary/aromatic N) is 2. The summed E-state index contributed by atoms with van der Waals surface area (Å²) in [5, 5.41) is 10.9. The molecule has 0 atom stereocenters. The van der Waals surface area contributed by atoms with E-state index in [2.05, 4.69) is 15.5 Å². The monoisotopic (exact) mass is 369 g/mol. The fourth-order valence-electron chi connectivity index (χ4n) is 2.09. The molecule has 1 aliphatic rings. The SMILES string of the molecule is COc1ccc(C(=O)Oc2ccccc2/C=N/N=C2/NC(=O)CS2)cc1. The quantitative estimate of drug-likeness (QED) is 0.378. The third-order valence-electron chi connectivity index (χ3n) is 3.38. The van der Waals surface area contributed by atoms with Crippen LogP contribution in [0.25, 0.3) is 0 Å². The highest BCUT2D eigenvalue weighted by Gasteiger charge is 2.16. The van der Waals surface area contributed by atoms with Crippen LogP contribution in [-0.2, 0) is 4.79 Å². The Morgan fingerprint density at radius 3 is 2.65 bits per heavy atom. The first-order valence-corrected chi connectivity index (χ1v) is 8.63. The van der Waals surface area contributed by atoms with Crippen LogP contribution in [0.5, 0.6) is 11.5 Å². The molecule has 1 heterocycles. The van der Waals surface area contributed by atoms with Crippen LogP contribution >= 0.6 is 11.8 Å². The average Bonchev–Trinajstić information content (AvgIpc) is 3.08. The lowest BCUT2D eigenvalue weighted by molar-refractivity contribution is -0.116. The van der Waals surface area contributed by atoms with E-state index in [0.717, 1.165) is 0 Å². The van der Waals surface area contributed by atoms with Crippen molar-refractivity contribution in [3.8, 4) is 11.5 Å². The van der Waals surface area contributed by atoms with Gasteiger partial charge in [-0.15, -0.1) is 5.10 Å². The number of hydrogen-bond acceptors (Lipinski definition) is 7. The number of thioether (sulfide) groups is 1. The molecular weight excluding hydrogens is 354 g/mol. The van der Waals surface area contributed by atoms with Crippen molar-refractivity contribution < 1.29 is 19.1 Å². The molecule has 2 aromatic rings. The van der Waals surface area contributed by atoms with Crippen LogP contribution in [0, 0.1) is 0 Å². The molecule has 0 radical (unpaired) electrons. The normalized spacial score (nSPS) is 15.3. The zero-order chi connectivity index (χ0) is 18.4. The smallest absolute Gasteiger partial charge is 0.343 e. The van der Waals surface area contributed by atoms with Crippen molar-refractivity contribution in [1.29, 1.82) is 0 Å². The second-order valence-corrected chi connectivity index (χ2v) is 6.11. The molecule has 1 aliphatic heterocycles. The van der Waals surface area contributed by atoms with Crippen LogP contribution in [0.15, 0.2) is 58.7 Å². The Morgan fingerprint density at radius 1 is 1.19 bits per heavy atom. The molecule has 0 bridgehead atoms. The number of amidine groups is 1. The van der Waals surface area contributed by atoms with Crippen LogP contribution in [0.1, 0.15) is 15.9 Å². The standard InChI is InChI=1S/C18H15N3O4S/c1-24-14-8-6-12(7-9-14)17(23)25-15-5-3-2-4-13(15)10-19-21-18-20-16(22)11-26-18/h2-10H,11H2,1H3,(H,20,21,22)/b19-10+. The van der Waals surface area contributed by atoms with Crippen LogP contribution in [0.4, 0.5) is 0 Å². The van der Waals surface area contributed by atoms with Crippen molar-refractivity contribution in [1.82, 2.24) is 5.32 Å². The Kier molecular flexibility index (Phi) is 5.65. The Bertz CT molecular complexity index is 878. The zero-order valence-corrected chi connectivity index (χ0v) is 14.7. The number of carbonyl (C=O) groups is 2. The summed E-state index contributed by atoms with van der Waals surface area (Å²) in [6, 6.07) is 13.6. The van der Waals surface area contributed by atoms with Crippen LogP contribution in [0.3, 0.4) is 0 Å². The molecule has 7 nitrogen and oxygen atoms in total. The number of amides is 1. The number of ether oxygens (including phenoxy) is 2. The predicted octanol–water partition coefficient (Wildman–Crippen LogP) is 2.47. The number of para-hydroxylation sites is 1. The molecule has 0 aliphatic carbocycles. The Hall–Kier alpha value is -3.13. The molecule has 1 N–H and O–H groups in total. The molecule has 132 valence electrons. The van der Waals surface area contributed by atoms with E-state index in [9.17, 15) is 9.59 Å². The van der Waals surface area contributed by atoms with Crippen LogP contribution in [0.2, 0.25) is 0 Å². The Labute approximate surface area is 154 Å². The van der Waals surface area contributed by atoms with Gasteiger partial charge in [0, 0.05) is 5.56 Å². The number of nitrogens with one attached hydrogen (secondary N) is 1. The van der Waals surface area contributed by atoms with Gasteiger partial charge in [-0.05, 0) is 36.4 Å². The van der Waals surface area contributed by atoms with E-state index in [1.807, 2.05) is 0 Å². The highest BCUT2D eigenvalue weighted by atomic mass is 32.2. The molecule has 1 fully saturated rings. The lowest BCUT2D eigenvalue weighted by Gasteiger charge is -2.07. The average molecular weight is 369 g/mol. The summed E-state index contributed by atoms with van der Waals surface area (Å²) in [4.78, 5) is 23.4. The summed E-state index contributed by atoms with van der Waals surface area (Å²) in [7, 11) is 1.56. The second-order valence-electron chi connectivity index (χ2n) is 5.14. The van der Waals surface area contributed by atoms with E-state index in [4.69, 9.17) is 9.47 Å². The summed E-state index contributed by atoms with van der Waals surface area (Å²) in [6.07, 6.45) is 1.47. The van der Waals surface area contributed by atoms with E-state index in [1.54, 1.807) is 55.6 Å². The summed E-state index contributed by atoms with van der Waals surface area (Å²) < 4.78 is 10.5. The maximum absolute atomic E-state index is 12.3. The van der Waals surface area contributed by atoms with Gasteiger partial charge in [-0.1, -0.05) is 23.9 Å². The van der Waals surface area contributed by atoms with Crippen LogP contribution < -0.4 is 14.8 Å². The summed E-state index contributed by atoms with van der Waals surface area (Å²) in [5.74, 6) is 0.770. The molecule has 26 heavy (non-hydrogen) atoms. The lowest BCUT2D eigenvalue weighted by atomic mass is 10.2. The minimum Gasteiger partial charge on any atom is -0.497 e. The van der Waals surface area contributed by atoms with Crippen LogP contribution in [-0.4, -0.2) is 36.1 Å². The van der Waals surface area contributed by atoms with Crippen molar-refractivity contribution in [2.75, 3.05) is 12.9 Å². The minimum atomic E-state index is -0.488. The minimum absolute atomic E-state index is 0.0993. The van der Waals surface area contributed by atoms with E-state index in [0.29, 0.717) is 33.5 Å². The van der Waals surface area contributed by atoms with Gasteiger partial charge < -0.3 is 14.8 Å². The van der Waals surface area contributed by atoms with Gasteiger partial charge in [-0.3, -0.25) is 4.79 Å². The largest absolute Gasteiger partial charge is 0.497 e. The van der Waals surface area contributed by atoms with E-state index in [1.165, 1.54) is 18.0 Å². The van der Waals surface area contributed by atoms with E-state index < -0.39 is 5.97 Å². The summed E-state index contributed by atoms with van der Waals surface area (Å²) >= 11 is 1.28. The van der Waals surface area contributed by atoms with Crippen molar-refractivity contribution in [2.24, 2.45) is 10.2 Å². The fourth-order valence-corrected chi connectivity index (χ4v) is 2.72. The van der Waals surface area contributed by atoms with E-state index in [-0.39, 0.29) is 5.91 Å². The molecule has 2 aromatic carbocycles. The maximum Gasteiger partial charge on any atom is 0.343 e. The van der Waals surface area contributed by atoms with Gasteiger partial charge in [0.05, 0.1) is 24.6 Å². The van der Waals surface area contributed by atoms with Gasteiger partial charge >= 0.3 is 5.97 Å². The van der Waals surface area contributed by atoms with Crippen molar-refractivity contribution >= 4 is 35.0 Å². The van der Waals surface area contributed by atoms with E-state index >= 15 is 0 Å². The van der Waals surface area contributed by atoms with Crippen molar-refractivity contribution in [3.63, 3.8) is 0 Å². The molecule has 0 unspecified atom stereocenters. The van der Waals surface area contributed by atoms with Crippen molar-refractivity contribution in [2.45, 2.75) is 0 Å². The number of hydrogen-bond donors (Lipinski definition) is 1. The van der Waals surface area contributed by atoms with Gasteiger partial charge in [0.15, 0.2) is 5.17 Å². The highest BCUT2D eigenvalue weighted by molar-refractivity contribution is 8.15. The maximum atomic E-state index is 12.3. The third kappa shape index (κ3) is 4.48. The first-order valence-electron chi connectivity index (χ1n) is 7.64. The second kappa shape index (κ2) is 8.30. The Balaban J connectivity index is 1.72. The molecular formula is C18H15N3O4S. The fraction of sp³-hybridized carbons (Fsp3) is 0.111. The van der Waals surface area contributed by atoms with Gasteiger partial charge in [-0.2, -0.15) is 5.10 Å². The number of esters is 1. The number of methoxy groups -OCH3 is 1. The zero-order valence-electron chi connectivity index (χ0n) is 13.8. The molecule has 0 aromatic heterocycles. The molecule has 3 rings (SSSR count). The third-order valence-corrected chi connectivity index (χ3v) is 4.24. The summed E-state index contributed by atoms with van der Waals surface area (Å²) in [5.41, 5.74) is 0.996. The van der Waals surface area contributed by atoms with Gasteiger partial charge in [0.1, 0.15) is 11.5 Å². The molecule has 8 heteroatoms. The Morgan fingerprint density at radius 2 is 1.96 bits per heavy atom. The topological polar surface area (TPSA) is 89.3 Å². The predicted molar refractivity (Wildman–Crippen MR) is 100 cm³/mol. The number of carbonyl (C=O) groups excluding carboxylic acids is 2. The van der Waals surface area contributed by atoms with Gasteiger partial charge in [-0.25, -0.2) is 4.79 Å². The molecule has 0 spiro atoms. The number of rotatable bonds is 5. The lowest BCUT2D eigenvalue weighted by Crippen LogP contribution is -2.19. The first-order chi connectivity index (χ1) is 12.7. The highest BCUT2D eigenvalue weighted by Crippen LogP contribution is 2.19. The number of benzene rings is 2.